The molecule has 3 aromatic carbocycles. The molecule has 0 fully saturated rings. The largest absolute Gasteiger partial charge is 0.275 e. The summed E-state index contributed by atoms with van der Waals surface area (Å²) in [4.78, 5) is -1.12. The molecule has 0 spiro atoms. The average molecular weight is 479 g/mol. The van der Waals surface area contributed by atoms with Crippen molar-refractivity contribution < 1.29 is 25.3 Å². The molecule has 3 rings (SSSR count). The molecule has 0 saturated heterocycles. The minimum absolute atomic E-state index is 0.371. The molecule has 3 aromatic rings. The Balaban J connectivity index is 2.35. The number of rotatable bonds is 6. The molecule has 0 bridgehead atoms. The summed E-state index contributed by atoms with van der Waals surface area (Å²) in [6.45, 7) is 5.01. The third kappa shape index (κ3) is 4.44. The van der Waals surface area contributed by atoms with Crippen molar-refractivity contribution in [1.82, 2.24) is 0 Å². The van der Waals surface area contributed by atoms with Crippen molar-refractivity contribution in [3.63, 3.8) is 0 Å². The van der Waals surface area contributed by atoms with Gasteiger partial charge in [0.25, 0.3) is 3.91 Å². The van der Waals surface area contributed by atoms with Crippen molar-refractivity contribution in [3.8, 4) is 0 Å². The number of hydrogen-bond donors (Lipinski definition) is 0. The van der Waals surface area contributed by atoms with Crippen LogP contribution in [0.2, 0.25) is 0 Å². The Morgan fingerprint density at radius 2 is 0.871 bits per heavy atom. The maximum Gasteiger partial charge on any atom is 0.275 e. The van der Waals surface area contributed by atoms with Crippen LogP contribution in [0.15, 0.2) is 87.5 Å². The summed E-state index contributed by atoms with van der Waals surface area (Å²) in [7, 11) is -14.5. The molecule has 31 heavy (non-hydrogen) atoms. The van der Waals surface area contributed by atoms with E-state index < -0.39 is 33.4 Å². The van der Waals surface area contributed by atoms with Gasteiger partial charge in [0, 0.05) is 0 Å². The minimum atomic E-state index is -4.83. The molecule has 0 saturated carbocycles. The van der Waals surface area contributed by atoms with E-state index in [0.29, 0.717) is 11.1 Å². The average Bonchev–Trinajstić information content (AvgIpc) is 2.67. The van der Waals surface area contributed by atoms with Crippen molar-refractivity contribution in [1.29, 1.82) is 0 Å². The van der Waals surface area contributed by atoms with Gasteiger partial charge in [0.05, 0.1) is 14.7 Å². The minimum Gasteiger partial charge on any atom is -0.221 e. The number of aryl methyl sites for hydroxylation is 3. The lowest BCUT2D eigenvalue weighted by molar-refractivity contribution is 0.573. The standard InChI is InChI=1S/C22H22O6S3/c1-16-10-12-19(13-11-16)29(23,24)22(30(25,26)20-8-4-6-17(2)14-20)31(27,28)21-9-5-7-18(3)15-21/h4-15,22H,1-3H3. The Morgan fingerprint density at radius 3 is 1.26 bits per heavy atom. The van der Waals surface area contributed by atoms with Gasteiger partial charge in [-0.3, -0.25) is 0 Å². The Hall–Kier alpha value is -2.49. The number of benzene rings is 3. The molecule has 0 aliphatic heterocycles. The van der Waals surface area contributed by atoms with Gasteiger partial charge in [-0.25, -0.2) is 25.3 Å². The second kappa shape index (κ2) is 8.22. The van der Waals surface area contributed by atoms with E-state index in [4.69, 9.17) is 0 Å². The summed E-state index contributed by atoms with van der Waals surface area (Å²) in [6, 6.07) is 16.5. The van der Waals surface area contributed by atoms with E-state index >= 15 is 0 Å². The molecule has 0 radical (unpaired) electrons. The summed E-state index contributed by atoms with van der Waals surface area (Å²) >= 11 is 0. The third-order valence-corrected chi connectivity index (χ3v) is 13.6. The first-order chi connectivity index (χ1) is 14.4. The van der Waals surface area contributed by atoms with Crippen LogP contribution in [-0.2, 0) is 29.5 Å². The van der Waals surface area contributed by atoms with Crippen LogP contribution in [-0.4, -0.2) is 29.2 Å². The van der Waals surface area contributed by atoms with E-state index in [9.17, 15) is 25.3 Å². The molecule has 0 atom stereocenters. The zero-order chi connectivity index (χ0) is 23.0. The monoisotopic (exact) mass is 478 g/mol. The molecular formula is C22H22O6S3. The van der Waals surface area contributed by atoms with E-state index in [1.165, 1.54) is 60.7 Å². The first-order valence-corrected chi connectivity index (χ1v) is 13.9. The smallest absolute Gasteiger partial charge is 0.221 e. The topological polar surface area (TPSA) is 102 Å². The van der Waals surface area contributed by atoms with E-state index in [1.807, 2.05) is 0 Å². The van der Waals surface area contributed by atoms with Crippen molar-refractivity contribution in [2.24, 2.45) is 0 Å². The molecule has 0 unspecified atom stereocenters. The van der Waals surface area contributed by atoms with E-state index in [1.54, 1.807) is 32.9 Å². The predicted molar refractivity (Wildman–Crippen MR) is 119 cm³/mol. The van der Waals surface area contributed by atoms with Crippen LogP contribution in [0, 0.1) is 20.8 Å². The quantitative estimate of drug-likeness (QED) is 0.536. The zero-order valence-electron chi connectivity index (χ0n) is 17.2. The predicted octanol–water partition coefficient (Wildman–Crippen LogP) is 3.62. The molecule has 6 nitrogen and oxygen atoms in total. The van der Waals surface area contributed by atoms with Crippen LogP contribution in [0.25, 0.3) is 0 Å². The summed E-state index contributed by atoms with van der Waals surface area (Å²) in [6.07, 6.45) is 0. The van der Waals surface area contributed by atoms with Crippen molar-refractivity contribution in [3.05, 3.63) is 89.5 Å². The fourth-order valence-corrected chi connectivity index (χ4v) is 11.6. The van der Waals surface area contributed by atoms with Gasteiger partial charge >= 0.3 is 0 Å². The molecule has 9 heteroatoms. The summed E-state index contributed by atoms with van der Waals surface area (Å²) < 4.78 is 78.3. The molecule has 0 amide bonds. The second-order valence-corrected chi connectivity index (χ2v) is 14.4. The van der Waals surface area contributed by atoms with Gasteiger partial charge < -0.3 is 0 Å². The van der Waals surface area contributed by atoms with Gasteiger partial charge in [-0.05, 0) is 68.3 Å². The molecule has 0 N–H and O–H groups in total. The highest BCUT2D eigenvalue weighted by atomic mass is 32.3. The summed E-state index contributed by atoms with van der Waals surface area (Å²) in [5.74, 6) is 0. The molecule has 0 aliphatic rings. The van der Waals surface area contributed by atoms with Crippen LogP contribution in [0.1, 0.15) is 16.7 Å². The highest BCUT2D eigenvalue weighted by Crippen LogP contribution is 2.34. The van der Waals surface area contributed by atoms with Crippen LogP contribution >= 0.6 is 0 Å². The van der Waals surface area contributed by atoms with Crippen molar-refractivity contribution >= 4 is 29.5 Å². The molecule has 0 aliphatic carbocycles. The summed E-state index contributed by atoms with van der Waals surface area (Å²) in [5.41, 5.74) is 1.86. The third-order valence-electron chi connectivity index (χ3n) is 4.75. The first kappa shape index (κ1) is 23.2. The fraction of sp³-hybridized carbons (Fsp3) is 0.182. The van der Waals surface area contributed by atoms with Gasteiger partial charge in [-0.1, -0.05) is 42.0 Å². The Kier molecular flexibility index (Phi) is 6.14. The van der Waals surface area contributed by atoms with E-state index in [0.717, 1.165) is 5.56 Å². The normalized spacial score (nSPS) is 12.8. The van der Waals surface area contributed by atoms with Gasteiger partial charge in [-0.2, -0.15) is 0 Å². The van der Waals surface area contributed by atoms with Gasteiger partial charge in [0.2, 0.25) is 29.5 Å². The maximum atomic E-state index is 13.5. The van der Waals surface area contributed by atoms with Gasteiger partial charge in [0.1, 0.15) is 0 Å². The Morgan fingerprint density at radius 1 is 0.484 bits per heavy atom. The van der Waals surface area contributed by atoms with Gasteiger partial charge in [0.15, 0.2) is 0 Å². The Labute approximate surface area is 183 Å². The summed E-state index contributed by atoms with van der Waals surface area (Å²) in [5, 5.41) is 0. The number of sulfone groups is 3. The van der Waals surface area contributed by atoms with Crippen LogP contribution < -0.4 is 0 Å². The van der Waals surface area contributed by atoms with Crippen LogP contribution in [0.4, 0.5) is 0 Å². The van der Waals surface area contributed by atoms with Crippen molar-refractivity contribution in [2.75, 3.05) is 0 Å². The van der Waals surface area contributed by atoms with E-state index in [-0.39, 0.29) is 14.7 Å². The fourth-order valence-electron chi connectivity index (χ4n) is 3.15. The zero-order valence-corrected chi connectivity index (χ0v) is 19.6. The first-order valence-electron chi connectivity index (χ1n) is 9.28. The second-order valence-electron chi connectivity index (χ2n) is 7.37. The molecule has 164 valence electrons. The highest BCUT2D eigenvalue weighted by molar-refractivity contribution is 8.24. The lowest BCUT2D eigenvalue weighted by Gasteiger charge is -2.20. The van der Waals surface area contributed by atoms with Gasteiger partial charge in [-0.15, -0.1) is 0 Å². The van der Waals surface area contributed by atoms with Crippen LogP contribution in [0.3, 0.4) is 0 Å². The Bertz CT molecular complexity index is 1360. The maximum absolute atomic E-state index is 13.5. The number of hydrogen-bond acceptors (Lipinski definition) is 6. The highest BCUT2D eigenvalue weighted by Gasteiger charge is 2.50. The molecule has 0 heterocycles. The SMILES string of the molecule is Cc1ccc(S(=O)(=O)C(S(=O)(=O)c2cccc(C)c2)S(=O)(=O)c2cccc(C)c2)cc1. The van der Waals surface area contributed by atoms with E-state index in [2.05, 4.69) is 0 Å². The van der Waals surface area contributed by atoms with Crippen molar-refractivity contribution in [2.45, 2.75) is 39.4 Å². The molecular weight excluding hydrogens is 456 g/mol. The lowest BCUT2D eigenvalue weighted by Crippen LogP contribution is -2.38. The lowest BCUT2D eigenvalue weighted by atomic mass is 10.2. The molecule has 0 aromatic heterocycles. The van der Waals surface area contributed by atoms with Crippen LogP contribution in [0.5, 0.6) is 0 Å².